The van der Waals surface area contributed by atoms with Gasteiger partial charge in [-0.15, -0.1) is 0 Å². The Morgan fingerprint density at radius 1 is 1.14 bits per heavy atom. The number of halogens is 1. The van der Waals surface area contributed by atoms with Gasteiger partial charge < -0.3 is 19.9 Å². The van der Waals surface area contributed by atoms with Crippen LogP contribution in [0.15, 0.2) is 66.9 Å². The van der Waals surface area contributed by atoms with Gasteiger partial charge in [0.25, 0.3) is 0 Å². The fourth-order valence-corrected chi connectivity index (χ4v) is 5.85. The van der Waals surface area contributed by atoms with Gasteiger partial charge >= 0.3 is 0 Å². The van der Waals surface area contributed by atoms with Crippen molar-refractivity contribution in [2.75, 3.05) is 23.5 Å². The molecule has 1 aromatic heterocycles. The van der Waals surface area contributed by atoms with Crippen molar-refractivity contribution in [2.45, 2.75) is 45.3 Å². The summed E-state index contributed by atoms with van der Waals surface area (Å²) in [6.07, 6.45) is 4.13. The lowest BCUT2D eigenvalue weighted by Gasteiger charge is -2.41. The van der Waals surface area contributed by atoms with E-state index in [0.29, 0.717) is 16.7 Å². The Balaban J connectivity index is 1.66. The second kappa shape index (κ2) is 9.41. The molecule has 1 fully saturated rings. The van der Waals surface area contributed by atoms with Crippen LogP contribution in [0.2, 0.25) is 5.02 Å². The summed E-state index contributed by atoms with van der Waals surface area (Å²) >= 11 is 13.0. The zero-order chi connectivity index (χ0) is 25.6. The molecule has 2 aliphatic heterocycles. The van der Waals surface area contributed by atoms with E-state index in [4.69, 9.17) is 28.6 Å². The van der Waals surface area contributed by atoms with Gasteiger partial charge in [-0.3, -0.25) is 4.98 Å². The van der Waals surface area contributed by atoms with E-state index in [9.17, 15) is 0 Å². The van der Waals surface area contributed by atoms with E-state index in [0.717, 1.165) is 28.4 Å². The Morgan fingerprint density at radius 3 is 2.56 bits per heavy atom. The summed E-state index contributed by atoms with van der Waals surface area (Å²) in [6, 6.07) is 18.0. The fourth-order valence-electron chi connectivity index (χ4n) is 5.23. The Kier molecular flexibility index (Phi) is 6.43. The standard InChI is InChI=1S/C29H31ClN4OS/c1-6-35-20-12-10-19(11-13-20)34-27(26(32-28(34)36)24-9-7-8-14-31-24)22-15-21-18(2)17-29(3,4)33(5)25(21)16-23(22)30/h7-17,26-27H,6H2,1-5H3,(H,32,36)/t26-,27-/m1/s1. The predicted molar refractivity (Wildman–Crippen MR) is 153 cm³/mol. The van der Waals surface area contributed by atoms with E-state index in [1.54, 1.807) is 0 Å². The van der Waals surface area contributed by atoms with E-state index < -0.39 is 0 Å². The molecule has 186 valence electrons. The van der Waals surface area contributed by atoms with Gasteiger partial charge in [0, 0.05) is 35.2 Å². The minimum atomic E-state index is -0.184. The molecule has 3 heterocycles. The highest BCUT2D eigenvalue weighted by molar-refractivity contribution is 7.80. The van der Waals surface area contributed by atoms with Crippen LogP contribution in [0.3, 0.4) is 0 Å². The molecule has 0 spiro atoms. The first-order valence-electron chi connectivity index (χ1n) is 12.2. The number of benzene rings is 2. The summed E-state index contributed by atoms with van der Waals surface area (Å²) in [7, 11) is 2.12. The molecule has 2 aliphatic rings. The Morgan fingerprint density at radius 2 is 1.89 bits per heavy atom. The topological polar surface area (TPSA) is 40.6 Å². The van der Waals surface area contributed by atoms with Crippen molar-refractivity contribution in [1.82, 2.24) is 10.3 Å². The summed E-state index contributed by atoms with van der Waals surface area (Å²) < 4.78 is 5.66. The Hall–Kier alpha value is -3.09. The van der Waals surface area contributed by atoms with Crippen LogP contribution in [0.1, 0.15) is 56.6 Å². The van der Waals surface area contributed by atoms with Crippen molar-refractivity contribution in [3.8, 4) is 5.75 Å². The molecule has 0 radical (unpaired) electrons. The van der Waals surface area contributed by atoms with Crippen LogP contribution >= 0.6 is 23.8 Å². The van der Waals surface area contributed by atoms with Gasteiger partial charge in [0.15, 0.2) is 5.11 Å². The average molecular weight is 519 g/mol. The first kappa shape index (κ1) is 24.6. The van der Waals surface area contributed by atoms with E-state index in [1.165, 1.54) is 11.1 Å². The minimum absolute atomic E-state index is 0.0940. The van der Waals surface area contributed by atoms with Crippen molar-refractivity contribution in [1.29, 1.82) is 0 Å². The monoisotopic (exact) mass is 518 g/mol. The van der Waals surface area contributed by atoms with Crippen molar-refractivity contribution in [3.05, 3.63) is 88.7 Å². The third-order valence-electron chi connectivity index (χ3n) is 7.18. The van der Waals surface area contributed by atoms with E-state index in [1.807, 2.05) is 55.6 Å². The molecule has 0 saturated carbocycles. The summed E-state index contributed by atoms with van der Waals surface area (Å²) in [4.78, 5) is 9.10. The Labute approximate surface area is 223 Å². The van der Waals surface area contributed by atoms with Crippen LogP contribution in [0, 0.1) is 0 Å². The largest absolute Gasteiger partial charge is 0.494 e. The number of nitrogens with zero attached hydrogens (tertiary/aromatic N) is 3. The molecule has 36 heavy (non-hydrogen) atoms. The molecule has 1 N–H and O–H groups in total. The maximum atomic E-state index is 7.08. The number of allylic oxidation sites excluding steroid dienone is 1. The van der Waals surface area contributed by atoms with Crippen molar-refractivity contribution < 1.29 is 4.74 Å². The number of thiocarbonyl (C=S) groups is 1. The highest BCUT2D eigenvalue weighted by Gasteiger charge is 2.42. The number of aromatic nitrogens is 1. The van der Waals surface area contributed by atoms with Gasteiger partial charge in [0.05, 0.1) is 29.9 Å². The number of hydrogen-bond donors (Lipinski definition) is 1. The normalized spacial score (nSPS) is 20.6. The van der Waals surface area contributed by atoms with Crippen LogP contribution in [0.25, 0.3) is 5.57 Å². The first-order valence-corrected chi connectivity index (χ1v) is 13.0. The second-order valence-corrected chi connectivity index (χ2v) is 10.6. The van der Waals surface area contributed by atoms with Gasteiger partial charge in [-0.05, 0) is 99.6 Å². The van der Waals surface area contributed by atoms with Crippen LogP contribution in [-0.2, 0) is 0 Å². The molecule has 0 bridgehead atoms. The second-order valence-electron chi connectivity index (χ2n) is 9.85. The zero-order valence-corrected chi connectivity index (χ0v) is 22.8. The van der Waals surface area contributed by atoms with Gasteiger partial charge in [-0.25, -0.2) is 0 Å². The number of hydrogen-bond acceptors (Lipinski definition) is 4. The molecule has 2 atom stereocenters. The molecular weight excluding hydrogens is 488 g/mol. The number of nitrogens with one attached hydrogen (secondary N) is 1. The summed E-state index contributed by atoms with van der Waals surface area (Å²) in [5.74, 6) is 0.829. The van der Waals surface area contributed by atoms with E-state index >= 15 is 0 Å². The third-order valence-corrected chi connectivity index (χ3v) is 7.82. The number of rotatable bonds is 5. The van der Waals surface area contributed by atoms with Crippen LogP contribution in [-0.4, -0.2) is 29.3 Å². The highest BCUT2D eigenvalue weighted by Crippen LogP contribution is 2.48. The molecule has 0 amide bonds. The summed E-state index contributed by atoms with van der Waals surface area (Å²) in [5, 5.41) is 4.87. The van der Waals surface area contributed by atoms with Gasteiger partial charge in [0.1, 0.15) is 5.75 Å². The highest BCUT2D eigenvalue weighted by atomic mass is 35.5. The van der Waals surface area contributed by atoms with Gasteiger partial charge in [0.2, 0.25) is 0 Å². The van der Waals surface area contributed by atoms with Crippen LogP contribution < -0.4 is 19.9 Å². The predicted octanol–water partition coefficient (Wildman–Crippen LogP) is 6.94. The Bertz CT molecular complexity index is 1320. The molecule has 5 rings (SSSR count). The smallest absolute Gasteiger partial charge is 0.174 e. The quantitative estimate of drug-likeness (QED) is 0.369. The summed E-state index contributed by atoms with van der Waals surface area (Å²) in [5.41, 5.74) is 6.35. The SMILES string of the molecule is CCOc1ccc(N2C(=S)N[C@H](c3ccccn3)[C@H]2c2cc3c(cc2Cl)N(C)C(C)(C)C=C3C)cc1. The molecule has 3 aromatic rings. The number of ether oxygens (including phenoxy) is 1. The van der Waals surface area contributed by atoms with Gasteiger partial charge in [-0.1, -0.05) is 23.7 Å². The molecule has 1 saturated heterocycles. The zero-order valence-electron chi connectivity index (χ0n) is 21.2. The van der Waals surface area contributed by atoms with Crippen LogP contribution in [0.4, 0.5) is 11.4 Å². The lowest BCUT2D eigenvalue weighted by molar-refractivity contribution is 0.340. The van der Waals surface area contributed by atoms with E-state index in [-0.39, 0.29) is 17.6 Å². The van der Waals surface area contributed by atoms with Crippen molar-refractivity contribution in [2.24, 2.45) is 0 Å². The maximum absolute atomic E-state index is 7.08. The molecule has 0 aliphatic carbocycles. The maximum Gasteiger partial charge on any atom is 0.174 e. The number of pyridine rings is 1. The lowest BCUT2D eigenvalue weighted by Crippen LogP contribution is -2.42. The van der Waals surface area contributed by atoms with Crippen molar-refractivity contribution >= 4 is 45.9 Å². The average Bonchev–Trinajstić information content (AvgIpc) is 3.20. The van der Waals surface area contributed by atoms with Crippen molar-refractivity contribution in [3.63, 3.8) is 0 Å². The fraction of sp³-hybridized carbons (Fsp3) is 0.310. The molecule has 0 unspecified atom stereocenters. The van der Waals surface area contributed by atoms with Crippen LogP contribution in [0.5, 0.6) is 5.75 Å². The first-order chi connectivity index (χ1) is 17.2. The number of likely N-dealkylation sites (N-methyl/N-ethyl adjacent to an activating group) is 1. The summed E-state index contributed by atoms with van der Waals surface area (Å²) in [6.45, 7) is 9.20. The van der Waals surface area contributed by atoms with Gasteiger partial charge in [-0.2, -0.15) is 0 Å². The minimum Gasteiger partial charge on any atom is -0.494 e. The molecular formula is C29H31ClN4OS. The van der Waals surface area contributed by atoms with E-state index in [2.05, 4.69) is 66.1 Å². The molecule has 2 aromatic carbocycles. The molecule has 7 heteroatoms. The number of anilines is 2. The number of fused-ring (bicyclic) bond motifs is 1. The molecule has 5 nitrogen and oxygen atoms in total. The lowest BCUT2D eigenvalue weighted by atomic mass is 9.86. The third kappa shape index (κ3) is 4.22.